The molecule has 0 aliphatic heterocycles. The van der Waals surface area contributed by atoms with Crippen LogP contribution in [0.2, 0.25) is 0 Å². The lowest BCUT2D eigenvalue weighted by Crippen LogP contribution is -2.08. The second-order valence-electron chi connectivity index (χ2n) is 4.60. The average molecular weight is 278 g/mol. The van der Waals surface area contributed by atoms with E-state index in [9.17, 15) is 4.79 Å². The van der Waals surface area contributed by atoms with Gasteiger partial charge < -0.3 is 9.47 Å². The Labute approximate surface area is 122 Å². The molecule has 0 fully saturated rings. The summed E-state index contributed by atoms with van der Waals surface area (Å²) in [5, 5.41) is 1.84. The summed E-state index contributed by atoms with van der Waals surface area (Å²) in [5.41, 5.74) is 0.525. The highest BCUT2D eigenvalue weighted by Gasteiger charge is 2.10. The fraction of sp³-hybridized carbons (Fsp3) is 0.0556. The number of hydrogen-bond donors (Lipinski definition) is 0. The van der Waals surface area contributed by atoms with Gasteiger partial charge in [0.05, 0.1) is 12.7 Å². The zero-order valence-electron chi connectivity index (χ0n) is 11.6. The van der Waals surface area contributed by atoms with Crippen LogP contribution in [0.4, 0.5) is 0 Å². The highest BCUT2D eigenvalue weighted by atomic mass is 16.5. The van der Waals surface area contributed by atoms with Crippen LogP contribution in [0.25, 0.3) is 10.8 Å². The average Bonchev–Trinajstić information content (AvgIpc) is 2.55. The molecular weight excluding hydrogens is 264 g/mol. The number of benzene rings is 3. The van der Waals surface area contributed by atoms with Crippen LogP contribution in [0.1, 0.15) is 10.4 Å². The number of ether oxygens (including phenoxy) is 2. The van der Waals surface area contributed by atoms with Crippen LogP contribution in [0, 0.1) is 0 Å². The molecule has 3 heteroatoms. The smallest absolute Gasteiger partial charge is 0.343 e. The fourth-order valence-electron chi connectivity index (χ4n) is 2.17. The largest absolute Gasteiger partial charge is 0.497 e. The predicted octanol–water partition coefficient (Wildman–Crippen LogP) is 4.07. The third kappa shape index (κ3) is 2.72. The molecule has 104 valence electrons. The molecule has 3 rings (SSSR count). The van der Waals surface area contributed by atoms with Gasteiger partial charge in [-0.15, -0.1) is 0 Å². The maximum atomic E-state index is 12.2. The van der Waals surface area contributed by atoms with Gasteiger partial charge in [0, 0.05) is 5.39 Å². The molecule has 21 heavy (non-hydrogen) atoms. The van der Waals surface area contributed by atoms with Crippen LogP contribution in [0.3, 0.4) is 0 Å². The summed E-state index contributed by atoms with van der Waals surface area (Å²) in [7, 11) is 1.61. The minimum atomic E-state index is -0.370. The van der Waals surface area contributed by atoms with Gasteiger partial charge in [-0.05, 0) is 35.7 Å². The summed E-state index contributed by atoms with van der Waals surface area (Å²) in [4.78, 5) is 12.2. The van der Waals surface area contributed by atoms with Crippen molar-refractivity contribution in [3.63, 3.8) is 0 Å². The number of carbonyl (C=O) groups excluding carboxylic acids is 1. The van der Waals surface area contributed by atoms with E-state index in [1.165, 1.54) is 0 Å². The quantitative estimate of drug-likeness (QED) is 0.535. The first-order valence-electron chi connectivity index (χ1n) is 6.62. The Kier molecular flexibility index (Phi) is 3.56. The predicted molar refractivity (Wildman–Crippen MR) is 81.9 cm³/mol. The molecule has 3 nitrogen and oxygen atoms in total. The van der Waals surface area contributed by atoms with Gasteiger partial charge in [0.2, 0.25) is 0 Å². The van der Waals surface area contributed by atoms with E-state index in [0.29, 0.717) is 11.3 Å². The number of methoxy groups -OCH3 is 1. The molecule has 3 aromatic rings. The number of rotatable bonds is 3. The van der Waals surface area contributed by atoms with Crippen molar-refractivity contribution in [3.8, 4) is 11.5 Å². The molecule has 0 spiro atoms. The lowest BCUT2D eigenvalue weighted by Gasteiger charge is -2.09. The van der Waals surface area contributed by atoms with Gasteiger partial charge in [0.15, 0.2) is 0 Å². The summed E-state index contributed by atoms with van der Waals surface area (Å²) in [6.45, 7) is 0. The van der Waals surface area contributed by atoms with E-state index >= 15 is 0 Å². The maximum Gasteiger partial charge on any atom is 0.343 e. The molecule has 0 amide bonds. The maximum absolute atomic E-state index is 12.2. The number of hydrogen-bond acceptors (Lipinski definition) is 3. The molecule has 0 atom stereocenters. The number of carbonyl (C=O) groups is 1. The van der Waals surface area contributed by atoms with Gasteiger partial charge in [-0.25, -0.2) is 4.79 Å². The van der Waals surface area contributed by atoms with E-state index in [4.69, 9.17) is 9.47 Å². The van der Waals surface area contributed by atoms with Gasteiger partial charge in [0.1, 0.15) is 11.5 Å². The van der Waals surface area contributed by atoms with Crippen molar-refractivity contribution in [2.45, 2.75) is 0 Å². The van der Waals surface area contributed by atoms with Crippen LogP contribution in [-0.4, -0.2) is 13.1 Å². The standard InChI is InChI=1S/C18H14O3/c1-20-15-11-10-13-8-5-9-17(16(13)12-15)21-18(19)14-6-3-2-4-7-14/h2-12H,1H3. The Balaban J connectivity index is 1.98. The van der Waals surface area contributed by atoms with Gasteiger partial charge in [-0.2, -0.15) is 0 Å². The molecule has 0 N–H and O–H groups in total. The van der Waals surface area contributed by atoms with Gasteiger partial charge in [-0.1, -0.05) is 36.4 Å². The Bertz CT molecular complexity index is 779. The van der Waals surface area contributed by atoms with Gasteiger partial charge >= 0.3 is 5.97 Å². The third-order valence-electron chi connectivity index (χ3n) is 3.26. The zero-order chi connectivity index (χ0) is 14.7. The monoisotopic (exact) mass is 278 g/mol. The lowest BCUT2D eigenvalue weighted by atomic mass is 10.1. The molecular formula is C18H14O3. The lowest BCUT2D eigenvalue weighted by molar-refractivity contribution is 0.0737. The van der Waals surface area contributed by atoms with Crippen molar-refractivity contribution in [2.24, 2.45) is 0 Å². The van der Waals surface area contributed by atoms with E-state index in [2.05, 4.69) is 0 Å². The van der Waals surface area contributed by atoms with Crippen molar-refractivity contribution >= 4 is 16.7 Å². The summed E-state index contributed by atoms with van der Waals surface area (Å²) in [6.07, 6.45) is 0. The number of esters is 1. The van der Waals surface area contributed by atoms with Crippen molar-refractivity contribution in [1.82, 2.24) is 0 Å². The molecule has 0 saturated heterocycles. The number of fused-ring (bicyclic) bond motifs is 1. The second kappa shape index (κ2) is 5.67. The van der Waals surface area contributed by atoms with E-state index < -0.39 is 0 Å². The van der Waals surface area contributed by atoms with Gasteiger partial charge in [0.25, 0.3) is 0 Å². The van der Waals surface area contributed by atoms with Crippen LogP contribution in [-0.2, 0) is 0 Å². The minimum absolute atomic E-state index is 0.370. The Morgan fingerprint density at radius 1 is 0.905 bits per heavy atom. The highest BCUT2D eigenvalue weighted by molar-refractivity contribution is 5.95. The zero-order valence-corrected chi connectivity index (χ0v) is 11.6. The SMILES string of the molecule is COc1ccc2cccc(OC(=O)c3ccccc3)c2c1. The van der Waals surface area contributed by atoms with Crippen molar-refractivity contribution < 1.29 is 14.3 Å². The molecule has 0 saturated carbocycles. The fourth-order valence-corrected chi connectivity index (χ4v) is 2.17. The van der Waals surface area contributed by atoms with E-state index in [1.807, 2.05) is 48.5 Å². The molecule has 3 aromatic carbocycles. The molecule has 0 heterocycles. The molecule has 0 aliphatic rings. The summed E-state index contributed by atoms with van der Waals surface area (Å²) < 4.78 is 10.7. The Morgan fingerprint density at radius 2 is 1.71 bits per heavy atom. The minimum Gasteiger partial charge on any atom is -0.497 e. The topological polar surface area (TPSA) is 35.5 Å². The Hall–Kier alpha value is -2.81. The van der Waals surface area contributed by atoms with Crippen molar-refractivity contribution in [3.05, 3.63) is 72.3 Å². The van der Waals surface area contributed by atoms with Crippen LogP contribution >= 0.6 is 0 Å². The molecule has 0 bridgehead atoms. The molecule has 0 radical (unpaired) electrons. The van der Waals surface area contributed by atoms with E-state index in [0.717, 1.165) is 16.5 Å². The van der Waals surface area contributed by atoms with Crippen LogP contribution in [0.15, 0.2) is 66.7 Å². The van der Waals surface area contributed by atoms with Crippen molar-refractivity contribution in [2.75, 3.05) is 7.11 Å². The van der Waals surface area contributed by atoms with E-state index in [1.54, 1.807) is 25.3 Å². The summed E-state index contributed by atoms with van der Waals surface area (Å²) in [5.74, 6) is 0.886. The summed E-state index contributed by atoms with van der Waals surface area (Å²) >= 11 is 0. The van der Waals surface area contributed by atoms with Crippen LogP contribution < -0.4 is 9.47 Å². The molecule has 0 unspecified atom stereocenters. The normalized spacial score (nSPS) is 10.3. The first-order chi connectivity index (χ1) is 10.3. The van der Waals surface area contributed by atoms with Crippen LogP contribution in [0.5, 0.6) is 11.5 Å². The van der Waals surface area contributed by atoms with Gasteiger partial charge in [-0.3, -0.25) is 0 Å². The molecule has 0 aromatic heterocycles. The first-order valence-corrected chi connectivity index (χ1v) is 6.62. The van der Waals surface area contributed by atoms with Crippen molar-refractivity contribution in [1.29, 1.82) is 0 Å². The molecule has 0 aliphatic carbocycles. The second-order valence-corrected chi connectivity index (χ2v) is 4.60. The Morgan fingerprint density at radius 3 is 2.48 bits per heavy atom. The highest BCUT2D eigenvalue weighted by Crippen LogP contribution is 2.29. The van der Waals surface area contributed by atoms with E-state index in [-0.39, 0.29) is 5.97 Å². The third-order valence-corrected chi connectivity index (χ3v) is 3.26. The first kappa shape index (κ1) is 13.2. The summed E-state index contributed by atoms with van der Waals surface area (Å²) in [6, 6.07) is 20.2.